The molecule has 0 unspecified atom stereocenters. The zero-order chi connectivity index (χ0) is 38.4. The minimum atomic E-state index is 0.880. The molecule has 0 atom stereocenters. The average Bonchev–Trinajstić information content (AvgIpc) is 3.70. The number of hydrogen-bond acceptors (Lipinski definition) is 2. The normalized spacial score (nSPS) is 11.4. The summed E-state index contributed by atoms with van der Waals surface area (Å²) < 4.78 is 6.67. The number of benzene rings is 10. The second kappa shape index (κ2) is 14.1. The highest BCUT2D eigenvalue weighted by molar-refractivity contribution is 6.19. The van der Waals surface area contributed by atoms with Gasteiger partial charge in [0.25, 0.3) is 0 Å². The number of fused-ring (bicyclic) bond motifs is 6. The molecule has 272 valence electrons. The van der Waals surface area contributed by atoms with Gasteiger partial charge in [0.2, 0.25) is 0 Å². The molecule has 0 aliphatic heterocycles. The SMILES string of the molecule is c1ccc(-c2cccc(-c3ccc(N(c4cccc(-c5ccc6ccccc6c5)c4)c4ccccc4-c4cccc5oc6c7ccccc7ccc6c45)cc3)c2)cc1. The van der Waals surface area contributed by atoms with Crippen LogP contribution in [0.5, 0.6) is 0 Å². The Morgan fingerprint density at radius 1 is 0.310 bits per heavy atom. The summed E-state index contributed by atoms with van der Waals surface area (Å²) in [5, 5.41) is 7.00. The molecule has 10 aromatic carbocycles. The highest BCUT2D eigenvalue weighted by Gasteiger charge is 2.21. The third-order valence-electron chi connectivity index (χ3n) is 11.4. The second-order valence-corrected chi connectivity index (χ2v) is 14.9. The molecule has 0 amide bonds. The molecule has 0 bridgehead atoms. The Morgan fingerprint density at radius 2 is 0.897 bits per heavy atom. The lowest BCUT2D eigenvalue weighted by Gasteiger charge is -2.28. The Labute approximate surface area is 337 Å². The van der Waals surface area contributed by atoms with Gasteiger partial charge in [0.1, 0.15) is 11.2 Å². The first-order chi connectivity index (χ1) is 28.7. The van der Waals surface area contributed by atoms with Crippen molar-refractivity contribution in [2.75, 3.05) is 4.90 Å². The smallest absolute Gasteiger partial charge is 0.143 e. The first-order valence-electron chi connectivity index (χ1n) is 19.8. The van der Waals surface area contributed by atoms with Gasteiger partial charge in [0.05, 0.1) is 5.69 Å². The van der Waals surface area contributed by atoms with Gasteiger partial charge in [-0.05, 0) is 110 Å². The van der Waals surface area contributed by atoms with E-state index in [4.69, 9.17) is 4.42 Å². The average molecular weight is 740 g/mol. The molecule has 0 N–H and O–H groups in total. The minimum Gasteiger partial charge on any atom is -0.455 e. The second-order valence-electron chi connectivity index (χ2n) is 14.9. The van der Waals surface area contributed by atoms with Crippen molar-refractivity contribution in [2.45, 2.75) is 0 Å². The zero-order valence-corrected chi connectivity index (χ0v) is 31.7. The first-order valence-corrected chi connectivity index (χ1v) is 19.8. The van der Waals surface area contributed by atoms with Crippen LogP contribution in [0.4, 0.5) is 17.1 Å². The summed E-state index contributed by atoms with van der Waals surface area (Å²) in [5.41, 5.74) is 14.4. The number of furan rings is 1. The van der Waals surface area contributed by atoms with Gasteiger partial charge in [-0.1, -0.05) is 170 Å². The fourth-order valence-electron chi connectivity index (χ4n) is 8.61. The van der Waals surface area contributed by atoms with Crippen molar-refractivity contribution in [3.05, 3.63) is 224 Å². The molecule has 0 aliphatic carbocycles. The minimum absolute atomic E-state index is 0.880. The number of anilines is 3. The van der Waals surface area contributed by atoms with Gasteiger partial charge in [-0.2, -0.15) is 0 Å². The largest absolute Gasteiger partial charge is 0.455 e. The van der Waals surface area contributed by atoms with E-state index in [9.17, 15) is 0 Å². The summed E-state index contributed by atoms with van der Waals surface area (Å²) in [6, 6.07) is 80.7. The van der Waals surface area contributed by atoms with Crippen LogP contribution in [0.1, 0.15) is 0 Å². The van der Waals surface area contributed by atoms with E-state index in [-0.39, 0.29) is 0 Å². The predicted molar refractivity (Wildman–Crippen MR) is 245 cm³/mol. The van der Waals surface area contributed by atoms with E-state index in [1.165, 1.54) is 44.0 Å². The third-order valence-corrected chi connectivity index (χ3v) is 11.4. The number of rotatable bonds is 7. The highest BCUT2D eigenvalue weighted by Crippen LogP contribution is 2.46. The molecule has 0 saturated heterocycles. The van der Waals surface area contributed by atoms with Crippen molar-refractivity contribution in [2.24, 2.45) is 0 Å². The maximum atomic E-state index is 6.67. The Hall–Kier alpha value is -7.68. The van der Waals surface area contributed by atoms with E-state index in [2.05, 4.69) is 229 Å². The van der Waals surface area contributed by atoms with Gasteiger partial charge in [0, 0.05) is 33.1 Å². The van der Waals surface area contributed by atoms with Gasteiger partial charge in [-0.3, -0.25) is 0 Å². The molecule has 0 saturated carbocycles. The fourth-order valence-corrected chi connectivity index (χ4v) is 8.61. The number of hydrogen-bond donors (Lipinski definition) is 0. The van der Waals surface area contributed by atoms with Crippen molar-refractivity contribution >= 4 is 60.5 Å². The quantitative estimate of drug-likeness (QED) is 0.162. The molecule has 0 aliphatic rings. The van der Waals surface area contributed by atoms with Crippen LogP contribution >= 0.6 is 0 Å². The van der Waals surface area contributed by atoms with Crippen LogP contribution in [0.15, 0.2) is 229 Å². The lowest BCUT2D eigenvalue weighted by molar-refractivity contribution is 0.673. The summed E-state index contributed by atoms with van der Waals surface area (Å²) in [5.74, 6) is 0. The molecule has 0 fully saturated rings. The van der Waals surface area contributed by atoms with E-state index in [0.29, 0.717) is 0 Å². The van der Waals surface area contributed by atoms with E-state index in [1.54, 1.807) is 0 Å². The van der Waals surface area contributed by atoms with Crippen LogP contribution < -0.4 is 4.90 Å². The van der Waals surface area contributed by atoms with Crippen molar-refractivity contribution in [1.29, 1.82) is 0 Å². The Balaban J connectivity index is 1.08. The van der Waals surface area contributed by atoms with Crippen LogP contribution in [0.2, 0.25) is 0 Å². The van der Waals surface area contributed by atoms with Crippen LogP contribution in [-0.2, 0) is 0 Å². The number of nitrogens with zero attached hydrogens (tertiary/aromatic N) is 1. The molecular weight excluding hydrogens is 703 g/mol. The molecule has 2 nitrogen and oxygen atoms in total. The molecule has 58 heavy (non-hydrogen) atoms. The first kappa shape index (κ1) is 33.6. The summed E-state index contributed by atoms with van der Waals surface area (Å²) in [6.45, 7) is 0. The van der Waals surface area contributed by atoms with Crippen molar-refractivity contribution in [3.8, 4) is 44.5 Å². The van der Waals surface area contributed by atoms with Crippen molar-refractivity contribution < 1.29 is 4.42 Å². The Bertz CT molecular complexity index is 3290. The molecule has 1 heterocycles. The van der Waals surface area contributed by atoms with Gasteiger partial charge < -0.3 is 9.32 Å². The molecule has 11 aromatic rings. The summed E-state index contributed by atoms with van der Waals surface area (Å²) in [6.07, 6.45) is 0. The van der Waals surface area contributed by atoms with Gasteiger partial charge in [-0.25, -0.2) is 0 Å². The van der Waals surface area contributed by atoms with Crippen LogP contribution in [0, 0.1) is 0 Å². The topological polar surface area (TPSA) is 16.4 Å². The van der Waals surface area contributed by atoms with Crippen molar-refractivity contribution in [3.63, 3.8) is 0 Å². The predicted octanol–water partition coefficient (Wildman–Crippen LogP) is 16.0. The summed E-state index contributed by atoms with van der Waals surface area (Å²) >= 11 is 0. The third kappa shape index (κ3) is 5.91. The van der Waals surface area contributed by atoms with E-state index >= 15 is 0 Å². The Morgan fingerprint density at radius 3 is 1.74 bits per heavy atom. The molecule has 11 rings (SSSR count). The Kier molecular flexibility index (Phi) is 8.19. The summed E-state index contributed by atoms with van der Waals surface area (Å²) in [7, 11) is 0. The zero-order valence-electron chi connectivity index (χ0n) is 31.7. The lowest BCUT2D eigenvalue weighted by atomic mass is 9.95. The lowest BCUT2D eigenvalue weighted by Crippen LogP contribution is -2.11. The molecular formula is C56H37NO. The van der Waals surface area contributed by atoms with Crippen LogP contribution in [-0.4, -0.2) is 0 Å². The van der Waals surface area contributed by atoms with Crippen LogP contribution in [0.3, 0.4) is 0 Å². The molecule has 0 spiro atoms. The monoisotopic (exact) mass is 739 g/mol. The molecule has 0 radical (unpaired) electrons. The van der Waals surface area contributed by atoms with E-state index in [1.807, 2.05) is 0 Å². The maximum Gasteiger partial charge on any atom is 0.143 e. The number of para-hydroxylation sites is 1. The van der Waals surface area contributed by atoms with E-state index < -0.39 is 0 Å². The highest BCUT2D eigenvalue weighted by atomic mass is 16.3. The van der Waals surface area contributed by atoms with Crippen LogP contribution in [0.25, 0.3) is 88.0 Å². The van der Waals surface area contributed by atoms with Crippen molar-refractivity contribution in [1.82, 2.24) is 0 Å². The molecule has 1 aromatic heterocycles. The maximum absolute atomic E-state index is 6.67. The standard InChI is InChI=1S/C56H37NO/c1-2-13-38(14-3-1)43-18-10-19-44(35-43)40-29-32-47(33-30-40)57(48-21-11-20-45(37-48)46-28-27-39-15-4-5-17-42(39)36-46)53-25-9-8-23-50(53)51-24-12-26-54-55(51)52-34-31-41-16-6-7-22-49(41)56(52)58-54/h1-37H. The van der Waals surface area contributed by atoms with Gasteiger partial charge in [-0.15, -0.1) is 0 Å². The molecule has 2 heteroatoms. The van der Waals surface area contributed by atoms with E-state index in [0.717, 1.165) is 61.1 Å². The fraction of sp³-hybridized carbons (Fsp3) is 0. The van der Waals surface area contributed by atoms with Gasteiger partial charge >= 0.3 is 0 Å². The van der Waals surface area contributed by atoms with Gasteiger partial charge in [0.15, 0.2) is 0 Å². The summed E-state index contributed by atoms with van der Waals surface area (Å²) in [4.78, 5) is 2.40.